The second kappa shape index (κ2) is 6.51. The zero-order valence-corrected chi connectivity index (χ0v) is 12.3. The molecular weight excluding hydrogens is 310 g/mol. The minimum absolute atomic E-state index is 0.127. The van der Waals surface area contributed by atoms with Crippen LogP contribution in [-0.2, 0) is 11.4 Å². The Bertz CT molecular complexity index is 723. The monoisotopic (exact) mass is 319 g/mol. The van der Waals surface area contributed by atoms with Crippen molar-refractivity contribution in [3.05, 3.63) is 58.3 Å². The number of hydrogen-bond donors (Lipinski definition) is 0. The highest BCUT2D eigenvalue weighted by Crippen LogP contribution is 2.21. The van der Waals surface area contributed by atoms with Crippen molar-refractivity contribution in [1.29, 1.82) is 0 Å². The lowest BCUT2D eigenvalue weighted by atomic mass is 10.2. The largest absolute Gasteiger partial charge is 0.386 e. The first-order valence-electron chi connectivity index (χ1n) is 6.08. The molecule has 0 aliphatic rings. The first kappa shape index (κ1) is 13.8. The van der Waals surface area contributed by atoms with E-state index >= 15 is 0 Å². The van der Waals surface area contributed by atoms with Crippen molar-refractivity contribution in [2.75, 3.05) is 0 Å². The molecule has 3 aromatic rings. The van der Waals surface area contributed by atoms with Gasteiger partial charge in [-0.25, -0.2) is 0 Å². The number of aromatic nitrogens is 2. The Hall–Kier alpha value is -2.18. The van der Waals surface area contributed by atoms with E-state index in [4.69, 9.17) is 21.0 Å². The molecule has 0 N–H and O–H groups in total. The smallest absolute Gasteiger partial charge is 0.267 e. The summed E-state index contributed by atoms with van der Waals surface area (Å²) >= 11 is 7.35. The SMILES string of the molecule is Clc1ccc(/C=N\OCc2nc(-c3cccs3)no2)cc1. The van der Waals surface area contributed by atoms with Crippen molar-refractivity contribution in [3.8, 4) is 10.7 Å². The molecule has 0 amide bonds. The third kappa shape index (κ3) is 3.68. The summed E-state index contributed by atoms with van der Waals surface area (Å²) in [6, 6.07) is 11.1. The van der Waals surface area contributed by atoms with Gasteiger partial charge in [-0.2, -0.15) is 4.98 Å². The predicted molar refractivity (Wildman–Crippen MR) is 81.4 cm³/mol. The van der Waals surface area contributed by atoms with Gasteiger partial charge in [0.2, 0.25) is 5.82 Å². The fourth-order valence-electron chi connectivity index (χ4n) is 1.56. The molecule has 106 valence electrons. The second-order valence-corrected chi connectivity index (χ2v) is 5.43. The van der Waals surface area contributed by atoms with Crippen molar-refractivity contribution in [2.24, 2.45) is 5.16 Å². The third-order valence-electron chi connectivity index (χ3n) is 2.54. The number of benzene rings is 1. The first-order chi connectivity index (χ1) is 10.3. The van der Waals surface area contributed by atoms with E-state index in [-0.39, 0.29) is 6.61 Å². The fraction of sp³-hybridized carbons (Fsp3) is 0.0714. The molecule has 0 radical (unpaired) electrons. The van der Waals surface area contributed by atoms with Gasteiger partial charge in [-0.15, -0.1) is 11.3 Å². The normalized spacial score (nSPS) is 11.1. The number of hydrogen-bond acceptors (Lipinski definition) is 6. The van der Waals surface area contributed by atoms with Gasteiger partial charge in [-0.05, 0) is 29.1 Å². The van der Waals surface area contributed by atoms with Crippen molar-refractivity contribution >= 4 is 29.2 Å². The van der Waals surface area contributed by atoms with Gasteiger partial charge in [0.25, 0.3) is 5.89 Å². The maximum Gasteiger partial charge on any atom is 0.267 e. The van der Waals surface area contributed by atoms with Crippen LogP contribution in [0.1, 0.15) is 11.5 Å². The number of oxime groups is 1. The lowest BCUT2D eigenvalue weighted by Crippen LogP contribution is -1.88. The minimum atomic E-state index is 0.127. The van der Waals surface area contributed by atoms with Crippen molar-refractivity contribution < 1.29 is 9.36 Å². The predicted octanol–water partition coefficient (Wildman–Crippen LogP) is 4.00. The fourth-order valence-corrected chi connectivity index (χ4v) is 2.33. The van der Waals surface area contributed by atoms with Crippen molar-refractivity contribution in [3.63, 3.8) is 0 Å². The van der Waals surface area contributed by atoms with Crippen LogP contribution in [0.3, 0.4) is 0 Å². The first-order valence-corrected chi connectivity index (χ1v) is 7.34. The van der Waals surface area contributed by atoms with E-state index in [0.29, 0.717) is 16.7 Å². The molecule has 7 heteroatoms. The standard InChI is InChI=1S/C14H10ClN3O2S/c15-11-5-3-10(4-6-11)8-16-19-9-13-17-14(18-20-13)12-2-1-7-21-12/h1-8H,9H2/b16-8-. The summed E-state index contributed by atoms with van der Waals surface area (Å²) in [5.41, 5.74) is 0.893. The molecule has 0 bridgehead atoms. The Morgan fingerprint density at radius 1 is 1.29 bits per heavy atom. The quantitative estimate of drug-likeness (QED) is 0.526. The Labute approximate surface area is 129 Å². The van der Waals surface area contributed by atoms with E-state index in [2.05, 4.69) is 15.3 Å². The molecule has 0 aliphatic heterocycles. The minimum Gasteiger partial charge on any atom is -0.386 e. The molecule has 21 heavy (non-hydrogen) atoms. The van der Waals surface area contributed by atoms with Gasteiger partial charge in [0.1, 0.15) is 0 Å². The molecule has 0 aliphatic carbocycles. The van der Waals surface area contributed by atoms with Gasteiger partial charge >= 0.3 is 0 Å². The summed E-state index contributed by atoms with van der Waals surface area (Å²) in [7, 11) is 0. The van der Waals surface area contributed by atoms with Gasteiger partial charge < -0.3 is 9.36 Å². The highest BCUT2D eigenvalue weighted by atomic mass is 35.5. The van der Waals surface area contributed by atoms with Crippen LogP contribution in [0, 0.1) is 0 Å². The van der Waals surface area contributed by atoms with Crippen LogP contribution in [0.5, 0.6) is 0 Å². The van der Waals surface area contributed by atoms with E-state index in [1.807, 2.05) is 29.6 Å². The third-order valence-corrected chi connectivity index (χ3v) is 3.66. The highest BCUT2D eigenvalue weighted by molar-refractivity contribution is 7.13. The Morgan fingerprint density at radius 3 is 2.90 bits per heavy atom. The molecule has 5 nitrogen and oxygen atoms in total. The molecule has 0 saturated heterocycles. The molecular formula is C14H10ClN3O2S. The molecule has 3 rings (SSSR count). The summed E-state index contributed by atoms with van der Waals surface area (Å²) in [5, 5.41) is 10.4. The summed E-state index contributed by atoms with van der Waals surface area (Å²) in [6.45, 7) is 0.127. The number of halogens is 1. The molecule has 0 saturated carbocycles. The number of rotatable bonds is 5. The molecule has 0 atom stereocenters. The van der Waals surface area contributed by atoms with Crippen LogP contribution in [-0.4, -0.2) is 16.4 Å². The zero-order valence-electron chi connectivity index (χ0n) is 10.8. The molecule has 0 unspecified atom stereocenters. The Morgan fingerprint density at radius 2 is 2.14 bits per heavy atom. The molecule has 1 aromatic carbocycles. The van der Waals surface area contributed by atoms with Crippen LogP contribution < -0.4 is 0 Å². The van der Waals surface area contributed by atoms with E-state index in [0.717, 1.165) is 10.4 Å². The van der Waals surface area contributed by atoms with Crippen LogP contribution >= 0.6 is 22.9 Å². The van der Waals surface area contributed by atoms with Crippen LogP contribution in [0.15, 0.2) is 51.5 Å². The number of nitrogens with zero attached hydrogens (tertiary/aromatic N) is 3. The van der Waals surface area contributed by atoms with Gasteiger partial charge in [0.15, 0.2) is 6.61 Å². The topological polar surface area (TPSA) is 60.5 Å². The van der Waals surface area contributed by atoms with Crippen LogP contribution in [0.25, 0.3) is 10.7 Å². The van der Waals surface area contributed by atoms with Gasteiger partial charge in [0.05, 0.1) is 11.1 Å². The van der Waals surface area contributed by atoms with Crippen molar-refractivity contribution in [2.45, 2.75) is 6.61 Å². The lowest BCUT2D eigenvalue weighted by Gasteiger charge is -1.94. The van der Waals surface area contributed by atoms with Gasteiger partial charge in [0, 0.05) is 5.02 Å². The summed E-state index contributed by atoms with van der Waals surface area (Å²) in [4.78, 5) is 10.3. The van der Waals surface area contributed by atoms with E-state index in [9.17, 15) is 0 Å². The maximum atomic E-state index is 5.80. The van der Waals surface area contributed by atoms with E-state index in [1.54, 1.807) is 29.7 Å². The number of thiophene rings is 1. The molecule has 0 spiro atoms. The average molecular weight is 320 g/mol. The van der Waals surface area contributed by atoms with E-state index < -0.39 is 0 Å². The maximum absolute atomic E-state index is 5.80. The Balaban J connectivity index is 1.55. The van der Waals surface area contributed by atoms with Crippen molar-refractivity contribution in [1.82, 2.24) is 10.1 Å². The van der Waals surface area contributed by atoms with E-state index in [1.165, 1.54) is 0 Å². The van der Waals surface area contributed by atoms with Crippen LogP contribution in [0.2, 0.25) is 5.02 Å². The molecule has 2 aromatic heterocycles. The van der Waals surface area contributed by atoms with Crippen LogP contribution in [0.4, 0.5) is 0 Å². The molecule has 2 heterocycles. The summed E-state index contributed by atoms with van der Waals surface area (Å²) in [5.74, 6) is 0.942. The zero-order chi connectivity index (χ0) is 14.5. The molecule has 0 fully saturated rings. The average Bonchev–Trinajstić information content (AvgIpc) is 3.16. The lowest BCUT2D eigenvalue weighted by molar-refractivity contribution is 0.107. The summed E-state index contributed by atoms with van der Waals surface area (Å²) < 4.78 is 5.09. The van der Waals surface area contributed by atoms with Gasteiger partial charge in [-0.3, -0.25) is 0 Å². The Kier molecular flexibility index (Phi) is 4.28. The highest BCUT2D eigenvalue weighted by Gasteiger charge is 2.09. The second-order valence-electron chi connectivity index (χ2n) is 4.05. The van der Waals surface area contributed by atoms with Gasteiger partial charge in [-0.1, -0.05) is 40.1 Å². The summed E-state index contributed by atoms with van der Waals surface area (Å²) in [6.07, 6.45) is 1.59.